The summed E-state index contributed by atoms with van der Waals surface area (Å²) in [7, 11) is 3.97. The number of rotatable bonds is 10. The number of likely N-dealkylation sites (tertiary alicyclic amines) is 1. The summed E-state index contributed by atoms with van der Waals surface area (Å²) in [4.78, 5) is 12.3. The van der Waals surface area contributed by atoms with Gasteiger partial charge in [0.1, 0.15) is 0 Å². The molecule has 8 heteroatoms. The summed E-state index contributed by atoms with van der Waals surface area (Å²) in [5.41, 5.74) is 0. The van der Waals surface area contributed by atoms with E-state index in [1.54, 1.807) is 7.11 Å². The number of guanidine groups is 1. The number of halogens is 1. The van der Waals surface area contributed by atoms with E-state index in [1.165, 1.54) is 32.6 Å². The van der Waals surface area contributed by atoms with Crippen LogP contribution in [0.25, 0.3) is 0 Å². The van der Waals surface area contributed by atoms with Gasteiger partial charge in [0, 0.05) is 59.6 Å². The number of piperidine rings is 1. The minimum absolute atomic E-state index is 0. The highest BCUT2D eigenvalue weighted by atomic mass is 127. The predicted molar refractivity (Wildman–Crippen MR) is 132 cm³/mol. The lowest BCUT2D eigenvalue weighted by molar-refractivity contribution is 0.00990. The Kier molecular flexibility index (Phi) is 15.3. The second-order valence-electron chi connectivity index (χ2n) is 7.99. The maximum absolute atomic E-state index is 5.98. The standard InChI is InChI=1S/C21H43N5O2.HI/c1-4-22-21(23-10-5-12-25-13-6-11-24(2)16-17-25)26-14-8-20(9-15-26)28-19-7-18-27-3;/h20H,4-19H2,1-3H3,(H,22,23);1H. The summed E-state index contributed by atoms with van der Waals surface area (Å²) in [6, 6.07) is 0. The number of methoxy groups -OCH3 is 1. The number of aliphatic imine (C=N–C) groups is 1. The number of nitrogens with zero attached hydrogens (tertiary/aromatic N) is 4. The zero-order chi connectivity index (χ0) is 20.0. The topological polar surface area (TPSA) is 52.6 Å². The Morgan fingerprint density at radius 2 is 1.83 bits per heavy atom. The second kappa shape index (κ2) is 16.5. The van der Waals surface area contributed by atoms with Crippen LogP contribution >= 0.6 is 24.0 Å². The van der Waals surface area contributed by atoms with Crippen LogP contribution in [0, 0.1) is 0 Å². The second-order valence-corrected chi connectivity index (χ2v) is 7.99. The lowest BCUT2D eigenvalue weighted by atomic mass is 10.1. The van der Waals surface area contributed by atoms with Crippen LogP contribution in [0.3, 0.4) is 0 Å². The van der Waals surface area contributed by atoms with Crippen molar-refractivity contribution in [3.63, 3.8) is 0 Å². The molecule has 0 saturated carbocycles. The Balaban J connectivity index is 0.00000420. The smallest absolute Gasteiger partial charge is 0.193 e. The molecule has 0 aromatic rings. The summed E-state index contributed by atoms with van der Waals surface area (Å²) in [6.45, 7) is 13.6. The summed E-state index contributed by atoms with van der Waals surface area (Å²) in [5, 5.41) is 3.48. The quantitative estimate of drug-likeness (QED) is 0.204. The molecule has 172 valence electrons. The van der Waals surface area contributed by atoms with Crippen molar-refractivity contribution in [2.24, 2.45) is 4.99 Å². The molecule has 2 saturated heterocycles. The fourth-order valence-corrected chi connectivity index (χ4v) is 3.92. The van der Waals surface area contributed by atoms with Crippen molar-refractivity contribution < 1.29 is 9.47 Å². The first-order chi connectivity index (χ1) is 13.7. The normalized spacial score (nSPS) is 20.4. The van der Waals surface area contributed by atoms with Gasteiger partial charge in [-0.25, -0.2) is 0 Å². The highest BCUT2D eigenvalue weighted by Gasteiger charge is 2.21. The molecule has 0 bridgehead atoms. The van der Waals surface area contributed by atoms with Crippen molar-refractivity contribution in [1.29, 1.82) is 0 Å². The van der Waals surface area contributed by atoms with Gasteiger partial charge in [-0.15, -0.1) is 24.0 Å². The Morgan fingerprint density at radius 1 is 1.03 bits per heavy atom. The third-order valence-corrected chi connectivity index (χ3v) is 5.63. The maximum atomic E-state index is 5.98. The van der Waals surface area contributed by atoms with Crippen LogP contribution in [0.2, 0.25) is 0 Å². The molecule has 2 heterocycles. The third kappa shape index (κ3) is 11.1. The van der Waals surface area contributed by atoms with Crippen molar-refractivity contribution in [2.45, 2.75) is 45.1 Å². The summed E-state index contributed by atoms with van der Waals surface area (Å²) in [5.74, 6) is 1.08. The molecule has 0 atom stereocenters. The summed E-state index contributed by atoms with van der Waals surface area (Å²) >= 11 is 0. The van der Waals surface area contributed by atoms with Crippen molar-refractivity contribution in [2.75, 3.05) is 86.3 Å². The first kappa shape index (κ1) is 26.9. The summed E-state index contributed by atoms with van der Waals surface area (Å²) in [6.07, 6.45) is 5.95. The minimum atomic E-state index is 0. The van der Waals surface area contributed by atoms with Crippen LogP contribution in [0.4, 0.5) is 0 Å². The molecule has 29 heavy (non-hydrogen) atoms. The van der Waals surface area contributed by atoms with E-state index in [-0.39, 0.29) is 24.0 Å². The predicted octanol–water partition coefficient (Wildman–Crippen LogP) is 2.12. The van der Waals surface area contributed by atoms with Gasteiger partial charge in [0.2, 0.25) is 0 Å². The fraction of sp³-hybridized carbons (Fsp3) is 0.952. The molecule has 0 amide bonds. The molecule has 7 nitrogen and oxygen atoms in total. The highest BCUT2D eigenvalue weighted by molar-refractivity contribution is 14.0. The molecular weight excluding hydrogens is 481 g/mol. The maximum Gasteiger partial charge on any atom is 0.193 e. The molecule has 2 aliphatic heterocycles. The number of hydrogen-bond acceptors (Lipinski definition) is 5. The third-order valence-electron chi connectivity index (χ3n) is 5.63. The van der Waals surface area contributed by atoms with E-state index in [0.717, 1.165) is 77.6 Å². The molecule has 1 N–H and O–H groups in total. The van der Waals surface area contributed by atoms with Crippen molar-refractivity contribution in [3.8, 4) is 0 Å². The zero-order valence-electron chi connectivity index (χ0n) is 18.9. The number of nitrogens with one attached hydrogen (secondary N) is 1. The highest BCUT2D eigenvalue weighted by Crippen LogP contribution is 2.14. The van der Waals surface area contributed by atoms with E-state index >= 15 is 0 Å². The molecule has 2 rings (SSSR count). The van der Waals surface area contributed by atoms with Crippen molar-refractivity contribution in [1.82, 2.24) is 20.0 Å². The van der Waals surface area contributed by atoms with Gasteiger partial charge >= 0.3 is 0 Å². The average Bonchev–Trinajstić information content (AvgIpc) is 2.92. The monoisotopic (exact) mass is 525 g/mol. The van der Waals surface area contributed by atoms with Crippen LogP contribution in [0.15, 0.2) is 4.99 Å². The number of hydrogen-bond donors (Lipinski definition) is 1. The van der Waals surface area contributed by atoms with Gasteiger partial charge in [-0.1, -0.05) is 0 Å². The molecular formula is C21H44IN5O2. The Morgan fingerprint density at radius 3 is 2.55 bits per heavy atom. The van der Waals surface area contributed by atoms with E-state index < -0.39 is 0 Å². The molecule has 0 unspecified atom stereocenters. The zero-order valence-corrected chi connectivity index (χ0v) is 21.2. The van der Waals surface area contributed by atoms with Gasteiger partial charge in [-0.2, -0.15) is 0 Å². The largest absolute Gasteiger partial charge is 0.385 e. The van der Waals surface area contributed by atoms with Gasteiger partial charge in [0.25, 0.3) is 0 Å². The summed E-state index contributed by atoms with van der Waals surface area (Å²) < 4.78 is 11.1. The Hall–Kier alpha value is -0.160. The molecule has 2 fully saturated rings. The van der Waals surface area contributed by atoms with Crippen LogP contribution in [-0.2, 0) is 9.47 Å². The van der Waals surface area contributed by atoms with E-state index in [9.17, 15) is 0 Å². The Bertz CT molecular complexity index is 433. The van der Waals surface area contributed by atoms with Gasteiger partial charge in [0.05, 0.1) is 6.10 Å². The number of ether oxygens (including phenoxy) is 2. The van der Waals surface area contributed by atoms with E-state index in [0.29, 0.717) is 6.10 Å². The van der Waals surface area contributed by atoms with Gasteiger partial charge < -0.3 is 29.5 Å². The van der Waals surface area contributed by atoms with Gasteiger partial charge in [-0.05, 0) is 65.7 Å². The lowest BCUT2D eigenvalue weighted by Crippen LogP contribution is -2.47. The number of likely N-dealkylation sites (N-methyl/N-ethyl adjacent to an activating group) is 1. The molecule has 2 aliphatic rings. The fourth-order valence-electron chi connectivity index (χ4n) is 3.92. The van der Waals surface area contributed by atoms with Gasteiger partial charge in [0.15, 0.2) is 5.96 Å². The molecule has 0 spiro atoms. The van der Waals surface area contributed by atoms with Crippen LogP contribution in [0.5, 0.6) is 0 Å². The van der Waals surface area contributed by atoms with E-state index in [4.69, 9.17) is 14.5 Å². The van der Waals surface area contributed by atoms with Crippen LogP contribution < -0.4 is 5.32 Å². The molecule has 0 aromatic heterocycles. The average molecular weight is 526 g/mol. The SMILES string of the molecule is CCNC(=NCCCN1CCCN(C)CC1)N1CCC(OCCCOC)CC1.I. The van der Waals surface area contributed by atoms with E-state index in [2.05, 4.69) is 34.0 Å². The first-order valence-electron chi connectivity index (χ1n) is 11.3. The molecule has 0 aliphatic carbocycles. The molecule has 0 radical (unpaired) electrons. The Labute approximate surface area is 195 Å². The van der Waals surface area contributed by atoms with Crippen LogP contribution in [0.1, 0.15) is 39.0 Å². The van der Waals surface area contributed by atoms with E-state index in [1.807, 2.05) is 0 Å². The van der Waals surface area contributed by atoms with Crippen molar-refractivity contribution >= 4 is 29.9 Å². The molecule has 0 aromatic carbocycles. The van der Waals surface area contributed by atoms with Crippen LogP contribution in [-0.4, -0.2) is 113 Å². The lowest BCUT2D eigenvalue weighted by Gasteiger charge is -2.34. The minimum Gasteiger partial charge on any atom is -0.385 e. The van der Waals surface area contributed by atoms with Gasteiger partial charge in [-0.3, -0.25) is 4.99 Å². The first-order valence-corrected chi connectivity index (χ1v) is 11.3. The van der Waals surface area contributed by atoms with Crippen molar-refractivity contribution in [3.05, 3.63) is 0 Å².